The van der Waals surface area contributed by atoms with Crippen LogP contribution in [0.1, 0.15) is 19.8 Å². The van der Waals surface area contributed by atoms with Crippen LogP contribution in [-0.2, 0) is 4.79 Å². The molecule has 0 spiro atoms. The Morgan fingerprint density at radius 3 is 2.80 bits per heavy atom. The summed E-state index contributed by atoms with van der Waals surface area (Å²) in [6.45, 7) is 7.06. The fourth-order valence-electron chi connectivity index (χ4n) is 1.32. The summed E-state index contributed by atoms with van der Waals surface area (Å²) in [5.41, 5.74) is 5.83. The van der Waals surface area contributed by atoms with Crippen molar-refractivity contribution in [3.63, 3.8) is 0 Å². The Balaban J connectivity index is 4.14. The van der Waals surface area contributed by atoms with Crippen molar-refractivity contribution >= 4 is 17.7 Å². The maximum Gasteiger partial charge on any atom is 0.239 e. The van der Waals surface area contributed by atoms with Crippen LogP contribution in [-0.4, -0.2) is 41.9 Å². The van der Waals surface area contributed by atoms with Crippen molar-refractivity contribution in [3.05, 3.63) is 12.7 Å². The Morgan fingerprint density at radius 2 is 2.33 bits per heavy atom. The molecular weight excluding hydrogens is 208 g/mol. The smallest absolute Gasteiger partial charge is 0.239 e. The van der Waals surface area contributed by atoms with E-state index in [0.717, 1.165) is 25.1 Å². The van der Waals surface area contributed by atoms with E-state index >= 15 is 0 Å². The summed E-state index contributed by atoms with van der Waals surface area (Å²) in [7, 11) is 0. The zero-order chi connectivity index (χ0) is 11.7. The van der Waals surface area contributed by atoms with Crippen LogP contribution in [0.5, 0.6) is 0 Å². The second kappa shape index (κ2) is 8.80. The lowest BCUT2D eigenvalue weighted by Crippen LogP contribution is -2.44. The molecule has 88 valence electrons. The number of carbonyl (C=O) groups excluding carboxylic acids is 1. The van der Waals surface area contributed by atoms with Crippen molar-refractivity contribution in [2.24, 2.45) is 5.73 Å². The third kappa shape index (κ3) is 5.85. The number of rotatable bonds is 8. The summed E-state index contributed by atoms with van der Waals surface area (Å²) in [6.07, 6.45) is 5.46. The average Bonchev–Trinajstić information content (AvgIpc) is 2.24. The molecule has 15 heavy (non-hydrogen) atoms. The fourth-order valence-corrected chi connectivity index (χ4v) is 1.81. The van der Waals surface area contributed by atoms with E-state index in [1.54, 1.807) is 22.7 Å². The predicted molar refractivity (Wildman–Crippen MR) is 68.0 cm³/mol. The van der Waals surface area contributed by atoms with Gasteiger partial charge in [0.2, 0.25) is 5.91 Å². The van der Waals surface area contributed by atoms with Gasteiger partial charge in [-0.1, -0.05) is 13.0 Å². The van der Waals surface area contributed by atoms with Gasteiger partial charge in [-0.15, -0.1) is 6.58 Å². The second-order valence-electron chi connectivity index (χ2n) is 3.46. The van der Waals surface area contributed by atoms with Crippen molar-refractivity contribution in [3.8, 4) is 0 Å². The van der Waals surface area contributed by atoms with Gasteiger partial charge >= 0.3 is 0 Å². The van der Waals surface area contributed by atoms with Gasteiger partial charge in [0, 0.05) is 13.1 Å². The van der Waals surface area contributed by atoms with Gasteiger partial charge in [0.15, 0.2) is 0 Å². The summed E-state index contributed by atoms with van der Waals surface area (Å²) in [6, 6.07) is -0.357. The molecule has 0 radical (unpaired) electrons. The van der Waals surface area contributed by atoms with Gasteiger partial charge in [-0.05, 0) is 24.9 Å². The lowest BCUT2D eigenvalue weighted by Gasteiger charge is -2.23. The van der Waals surface area contributed by atoms with Crippen molar-refractivity contribution in [1.29, 1.82) is 0 Å². The van der Waals surface area contributed by atoms with Crippen LogP contribution in [0.3, 0.4) is 0 Å². The van der Waals surface area contributed by atoms with Crippen molar-refractivity contribution in [1.82, 2.24) is 4.90 Å². The molecule has 2 N–H and O–H groups in total. The minimum atomic E-state index is -0.357. The first kappa shape index (κ1) is 14.5. The van der Waals surface area contributed by atoms with Crippen molar-refractivity contribution in [2.75, 3.05) is 25.1 Å². The molecule has 0 saturated carbocycles. The van der Waals surface area contributed by atoms with E-state index < -0.39 is 0 Å². The molecule has 1 atom stereocenters. The highest BCUT2D eigenvalue weighted by Gasteiger charge is 2.18. The fraction of sp³-hybridized carbons (Fsp3) is 0.727. The standard InChI is InChI=1S/C11H22N2OS/c1-4-7-13(8-5-2)11(14)10(12)6-9-15-3/h4,10H,1,5-9,12H2,2-3H3/t10-/m1/s1. The summed E-state index contributed by atoms with van der Waals surface area (Å²) < 4.78 is 0. The monoisotopic (exact) mass is 230 g/mol. The number of hydrogen-bond donors (Lipinski definition) is 1. The molecule has 0 aromatic carbocycles. The molecule has 0 saturated heterocycles. The maximum absolute atomic E-state index is 11.9. The number of nitrogens with zero attached hydrogens (tertiary/aromatic N) is 1. The van der Waals surface area contributed by atoms with Crippen molar-refractivity contribution in [2.45, 2.75) is 25.8 Å². The molecule has 3 nitrogen and oxygen atoms in total. The minimum Gasteiger partial charge on any atom is -0.338 e. The zero-order valence-electron chi connectivity index (χ0n) is 9.74. The molecule has 0 bridgehead atoms. The topological polar surface area (TPSA) is 46.3 Å². The summed E-state index contributed by atoms with van der Waals surface area (Å²) in [4.78, 5) is 13.6. The Kier molecular flexibility index (Phi) is 8.52. The van der Waals surface area contributed by atoms with E-state index in [-0.39, 0.29) is 11.9 Å². The molecule has 0 aromatic heterocycles. The lowest BCUT2D eigenvalue weighted by atomic mass is 10.2. The first-order valence-electron chi connectivity index (χ1n) is 5.31. The molecule has 4 heteroatoms. The predicted octanol–water partition coefficient (Wildman–Crippen LogP) is 1.49. The van der Waals surface area contributed by atoms with Crippen LogP contribution in [0.25, 0.3) is 0 Å². The normalized spacial score (nSPS) is 12.2. The van der Waals surface area contributed by atoms with Crippen LogP contribution < -0.4 is 5.73 Å². The summed E-state index contributed by atoms with van der Waals surface area (Å²) in [5, 5.41) is 0. The van der Waals surface area contributed by atoms with E-state index in [1.807, 2.05) is 6.26 Å². The molecule has 0 aliphatic carbocycles. The van der Waals surface area contributed by atoms with E-state index in [9.17, 15) is 4.79 Å². The quantitative estimate of drug-likeness (QED) is 0.643. The van der Waals surface area contributed by atoms with Gasteiger partial charge < -0.3 is 10.6 Å². The molecule has 0 aromatic rings. The van der Waals surface area contributed by atoms with Gasteiger partial charge in [-0.2, -0.15) is 11.8 Å². The van der Waals surface area contributed by atoms with E-state index in [4.69, 9.17) is 5.73 Å². The molecule has 0 aliphatic rings. The molecule has 0 rings (SSSR count). The highest BCUT2D eigenvalue weighted by Crippen LogP contribution is 2.03. The van der Waals surface area contributed by atoms with Gasteiger partial charge in [-0.25, -0.2) is 0 Å². The first-order chi connectivity index (χ1) is 7.17. The van der Waals surface area contributed by atoms with Gasteiger partial charge in [-0.3, -0.25) is 4.79 Å². The molecule has 1 amide bonds. The molecule has 0 aliphatic heterocycles. The van der Waals surface area contributed by atoms with Gasteiger partial charge in [0.25, 0.3) is 0 Å². The lowest BCUT2D eigenvalue weighted by molar-refractivity contribution is -0.132. The van der Waals surface area contributed by atoms with Crippen molar-refractivity contribution < 1.29 is 4.79 Å². The second-order valence-corrected chi connectivity index (χ2v) is 4.45. The molecule has 0 heterocycles. The van der Waals surface area contributed by atoms with Crippen LogP contribution in [0.4, 0.5) is 0 Å². The number of nitrogens with two attached hydrogens (primary N) is 1. The van der Waals surface area contributed by atoms with Crippen LogP contribution in [0, 0.1) is 0 Å². The minimum absolute atomic E-state index is 0.0470. The zero-order valence-corrected chi connectivity index (χ0v) is 10.6. The van der Waals surface area contributed by atoms with Gasteiger partial charge in [0.05, 0.1) is 6.04 Å². The number of thioether (sulfide) groups is 1. The average molecular weight is 230 g/mol. The first-order valence-corrected chi connectivity index (χ1v) is 6.70. The highest BCUT2D eigenvalue weighted by molar-refractivity contribution is 7.98. The Labute approximate surface area is 97.1 Å². The van der Waals surface area contributed by atoms with E-state index in [2.05, 4.69) is 13.5 Å². The molecular formula is C11H22N2OS. The molecule has 0 unspecified atom stereocenters. The van der Waals surface area contributed by atoms with Crippen LogP contribution in [0.2, 0.25) is 0 Å². The third-order valence-corrected chi connectivity index (χ3v) is 2.75. The van der Waals surface area contributed by atoms with E-state index in [1.165, 1.54) is 0 Å². The Bertz CT molecular complexity index is 197. The summed E-state index contributed by atoms with van der Waals surface area (Å²) >= 11 is 1.71. The van der Waals surface area contributed by atoms with E-state index in [0.29, 0.717) is 6.54 Å². The Hall–Kier alpha value is -0.480. The molecule has 0 fully saturated rings. The highest BCUT2D eigenvalue weighted by atomic mass is 32.2. The number of amides is 1. The number of hydrogen-bond acceptors (Lipinski definition) is 3. The largest absolute Gasteiger partial charge is 0.338 e. The summed E-state index contributed by atoms with van der Waals surface area (Å²) in [5.74, 6) is 0.979. The number of carbonyl (C=O) groups is 1. The third-order valence-electron chi connectivity index (χ3n) is 2.10. The SMILES string of the molecule is C=CCN(CCC)C(=O)[C@H](N)CCSC. The van der Waals surface area contributed by atoms with Crippen LogP contribution >= 0.6 is 11.8 Å². The van der Waals surface area contributed by atoms with Crippen LogP contribution in [0.15, 0.2) is 12.7 Å². The Morgan fingerprint density at radius 1 is 1.67 bits per heavy atom. The van der Waals surface area contributed by atoms with Gasteiger partial charge in [0.1, 0.15) is 0 Å². The maximum atomic E-state index is 11.9.